The molecule has 0 atom stereocenters. The fourth-order valence-electron chi connectivity index (χ4n) is 1.38. The molecule has 0 saturated heterocycles. The summed E-state index contributed by atoms with van der Waals surface area (Å²) in [5.74, 6) is 1.42. The fourth-order valence-corrected chi connectivity index (χ4v) is 2.13. The van der Waals surface area contributed by atoms with Crippen molar-refractivity contribution in [1.82, 2.24) is 4.98 Å². The number of nitrogens with two attached hydrogens (primary N) is 1. The number of hydrogen-bond donors (Lipinski definition) is 1. The Bertz CT molecular complexity index is 532. The lowest BCUT2D eigenvalue weighted by molar-refractivity contribution is 0.473. The molecule has 0 fully saturated rings. The van der Waals surface area contributed by atoms with Crippen molar-refractivity contribution in [2.45, 2.75) is 6.54 Å². The molecule has 0 radical (unpaired) electrons. The van der Waals surface area contributed by atoms with Crippen molar-refractivity contribution in [1.29, 1.82) is 0 Å². The molecule has 17 heavy (non-hydrogen) atoms. The molecule has 2 N–H and O–H groups in total. The van der Waals surface area contributed by atoms with Gasteiger partial charge in [0.1, 0.15) is 11.5 Å². The third-order valence-corrected chi connectivity index (χ3v) is 3.08. The molecule has 0 amide bonds. The van der Waals surface area contributed by atoms with Gasteiger partial charge >= 0.3 is 0 Å². The largest absolute Gasteiger partial charge is 0.455 e. The highest BCUT2D eigenvalue weighted by atomic mass is 79.9. The lowest BCUT2D eigenvalue weighted by Gasteiger charge is -2.10. The van der Waals surface area contributed by atoms with Crippen LogP contribution in [0, 0.1) is 0 Å². The SMILES string of the molecule is NCc1cc(Br)ccc1Oc1cncc(Br)c1. The maximum Gasteiger partial charge on any atom is 0.146 e. The second-order valence-corrected chi connectivity index (χ2v) is 5.23. The molecular formula is C12H10Br2N2O. The van der Waals surface area contributed by atoms with Crippen LogP contribution in [0.2, 0.25) is 0 Å². The Morgan fingerprint density at radius 1 is 1.12 bits per heavy atom. The third kappa shape index (κ3) is 3.28. The summed E-state index contributed by atoms with van der Waals surface area (Å²) in [5, 5.41) is 0. The van der Waals surface area contributed by atoms with Crippen LogP contribution in [0.15, 0.2) is 45.6 Å². The van der Waals surface area contributed by atoms with E-state index in [1.165, 1.54) is 0 Å². The zero-order valence-electron chi connectivity index (χ0n) is 8.86. The summed E-state index contributed by atoms with van der Waals surface area (Å²) < 4.78 is 7.60. The van der Waals surface area contributed by atoms with Gasteiger partial charge in [-0.25, -0.2) is 0 Å². The van der Waals surface area contributed by atoms with E-state index in [-0.39, 0.29) is 0 Å². The lowest BCUT2D eigenvalue weighted by Crippen LogP contribution is -1.99. The van der Waals surface area contributed by atoms with Crippen molar-refractivity contribution in [3.8, 4) is 11.5 Å². The number of halogens is 2. The van der Waals surface area contributed by atoms with Gasteiger partial charge in [0.25, 0.3) is 0 Å². The van der Waals surface area contributed by atoms with Gasteiger partial charge < -0.3 is 10.5 Å². The van der Waals surface area contributed by atoms with Crippen LogP contribution in [-0.4, -0.2) is 4.98 Å². The number of hydrogen-bond acceptors (Lipinski definition) is 3. The first-order valence-corrected chi connectivity index (χ1v) is 6.54. The van der Waals surface area contributed by atoms with Gasteiger partial charge in [-0.2, -0.15) is 0 Å². The van der Waals surface area contributed by atoms with Crippen molar-refractivity contribution in [2.24, 2.45) is 5.73 Å². The molecule has 0 unspecified atom stereocenters. The standard InChI is InChI=1S/C12H10Br2N2O/c13-9-1-2-12(8(3-9)5-15)17-11-4-10(14)6-16-7-11/h1-4,6-7H,5,15H2. The van der Waals surface area contributed by atoms with E-state index in [9.17, 15) is 0 Å². The Labute approximate surface area is 116 Å². The molecule has 1 aromatic carbocycles. The van der Waals surface area contributed by atoms with Crippen LogP contribution >= 0.6 is 31.9 Å². The summed E-state index contributed by atoms with van der Waals surface area (Å²) in [5.41, 5.74) is 6.62. The maximum atomic E-state index is 5.74. The maximum absolute atomic E-state index is 5.74. The monoisotopic (exact) mass is 356 g/mol. The van der Waals surface area contributed by atoms with Gasteiger partial charge in [0.05, 0.1) is 6.20 Å². The summed E-state index contributed by atoms with van der Waals surface area (Å²) in [6, 6.07) is 7.60. The third-order valence-electron chi connectivity index (χ3n) is 2.15. The normalized spacial score (nSPS) is 10.3. The highest BCUT2D eigenvalue weighted by Crippen LogP contribution is 2.28. The zero-order chi connectivity index (χ0) is 12.3. The number of rotatable bonds is 3. The molecule has 0 aliphatic carbocycles. The van der Waals surface area contributed by atoms with E-state index in [1.54, 1.807) is 12.4 Å². The Morgan fingerprint density at radius 3 is 2.65 bits per heavy atom. The Morgan fingerprint density at radius 2 is 1.94 bits per heavy atom. The number of benzene rings is 1. The molecule has 5 heteroatoms. The first kappa shape index (κ1) is 12.5. The Hall–Kier alpha value is -0.910. The summed E-state index contributed by atoms with van der Waals surface area (Å²) in [7, 11) is 0. The first-order chi connectivity index (χ1) is 8.19. The topological polar surface area (TPSA) is 48.1 Å². The smallest absolute Gasteiger partial charge is 0.146 e. The number of ether oxygens (including phenoxy) is 1. The lowest BCUT2D eigenvalue weighted by atomic mass is 10.2. The van der Waals surface area contributed by atoms with Gasteiger partial charge in [-0.3, -0.25) is 4.98 Å². The number of aromatic nitrogens is 1. The molecule has 2 aromatic rings. The van der Waals surface area contributed by atoms with E-state index in [2.05, 4.69) is 36.8 Å². The summed E-state index contributed by atoms with van der Waals surface area (Å²) in [6.07, 6.45) is 3.37. The van der Waals surface area contributed by atoms with Crippen molar-refractivity contribution < 1.29 is 4.74 Å². The number of nitrogens with zero attached hydrogens (tertiary/aromatic N) is 1. The molecule has 0 spiro atoms. The summed E-state index contributed by atoms with van der Waals surface area (Å²) >= 11 is 6.75. The average molecular weight is 358 g/mol. The molecule has 0 saturated carbocycles. The van der Waals surface area contributed by atoms with Gasteiger partial charge in [0.2, 0.25) is 0 Å². The van der Waals surface area contributed by atoms with E-state index in [1.807, 2.05) is 24.3 Å². The summed E-state index contributed by atoms with van der Waals surface area (Å²) in [6.45, 7) is 0.427. The number of pyridine rings is 1. The summed E-state index contributed by atoms with van der Waals surface area (Å²) in [4.78, 5) is 4.04. The highest BCUT2D eigenvalue weighted by Gasteiger charge is 2.05. The van der Waals surface area contributed by atoms with E-state index in [4.69, 9.17) is 10.5 Å². The Balaban J connectivity index is 2.29. The van der Waals surface area contributed by atoms with E-state index in [0.717, 1.165) is 20.3 Å². The molecule has 2 rings (SSSR count). The zero-order valence-corrected chi connectivity index (χ0v) is 12.0. The molecule has 1 heterocycles. The predicted molar refractivity (Wildman–Crippen MR) is 74.0 cm³/mol. The second kappa shape index (κ2) is 5.62. The predicted octanol–water partition coefficient (Wildman–Crippen LogP) is 3.86. The molecule has 0 aliphatic rings. The van der Waals surface area contributed by atoms with E-state index in [0.29, 0.717) is 12.3 Å². The first-order valence-electron chi connectivity index (χ1n) is 4.96. The minimum Gasteiger partial charge on any atom is -0.455 e. The van der Waals surface area contributed by atoms with Crippen LogP contribution in [0.25, 0.3) is 0 Å². The van der Waals surface area contributed by atoms with Crippen LogP contribution in [0.3, 0.4) is 0 Å². The van der Waals surface area contributed by atoms with Crippen LogP contribution < -0.4 is 10.5 Å². The van der Waals surface area contributed by atoms with Crippen LogP contribution in [-0.2, 0) is 6.54 Å². The minimum atomic E-state index is 0.427. The Kier molecular flexibility index (Phi) is 4.15. The molecule has 0 aliphatic heterocycles. The van der Waals surface area contributed by atoms with Crippen LogP contribution in [0.5, 0.6) is 11.5 Å². The van der Waals surface area contributed by atoms with E-state index >= 15 is 0 Å². The van der Waals surface area contributed by atoms with Gasteiger partial charge in [0, 0.05) is 27.3 Å². The van der Waals surface area contributed by atoms with Crippen molar-refractivity contribution in [3.05, 3.63) is 51.2 Å². The van der Waals surface area contributed by atoms with Crippen molar-refractivity contribution in [2.75, 3.05) is 0 Å². The molecule has 0 bridgehead atoms. The minimum absolute atomic E-state index is 0.427. The van der Waals surface area contributed by atoms with Crippen molar-refractivity contribution in [3.63, 3.8) is 0 Å². The van der Waals surface area contributed by atoms with E-state index < -0.39 is 0 Å². The fraction of sp³-hybridized carbons (Fsp3) is 0.0833. The van der Waals surface area contributed by atoms with Gasteiger partial charge in [-0.15, -0.1) is 0 Å². The highest BCUT2D eigenvalue weighted by molar-refractivity contribution is 9.10. The quantitative estimate of drug-likeness (QED) is 0.907. The molecule has 1 aromatic heterocycles. The van der Waals surface area contributed by atoms with Gasteiger partial charge in [0.15, 0.2) is 0 Å². The molecule has 3 nitrogen and oxygen atoms in total. The van der Waals surface area contributed by atoms with Crippen molar-refractivity contribution >= 4 is 31.9 Å². The van der Waals surface area contributed by atoms with Gasteiger partial charge in [-0.05, 0) is 40.2 Å². The van der Waals surface area contributed by atoms with Gasteiger partial charge in [-0.1, -0.05) is 15.9 Å². The molecular weight excluding hydrogens is 348 g/mol. The average Bonchev–Trinajstić information content (AvgIpc) is 2.31. The molecule has 88 valence electrons. The second-order valence-electron chi connectivity index (χ2n) is 3.40. The van der Waals surface area contributed by atoms with Crippen LogP contribution in [0.1, 0.15) is 5.56 Å². The van der Waals surface area contributed by atoms with Crippen LogP contribution in [0.4, 0.5) is 0 Å².